The van der Waals surface area contributed by atoms with Crippen LogP contribution in [0.15, 0.2) is 48.7 Å². The number of halogens is 1. The molecule has 3 heterocycles. The summed E-state index contributed by atoms with van der Waals surface area (Å²) in [7, 11) is 0. The molecule has 3 N–H and O–H groups in total. The summed E-state index contributed by atoms with van der Waals surface area (Å²) < 4.78 is 13.3. The van der Waals surface area contributed by atoms with E-state index >= 15 is 0 Å². The molecule has 1 amide bonds. The number of hydrogen-bond donors (Lipinski definition) is 3. The van der Waals surface area contributed by atoms with Crippen molar-refractivity contribution in [1.29, 1.82) is 0 Å². The van der Waals surface area contributed by atoms with Gasteiger partial charge in [0.2, 0.25) is 5.91 Å². The molecule has 0 bridgehead atoms. The molecule has 2 aliphatic rings. The van der Waals surface area contributed by atoms with Crippen molar-refractivity contribution in [2.24, 2.45) is 0 Å². The zero-order valence-electron chi connectivity index (χ0n) is 15.8. The van der Waals surface area contributed by atoms with E-state index in [1.165, 1.54) is 6.07 Å². The van der Waals surface area contributed by atoms with Gasteiger partial charge in [0.15, 0.2) is 0 Å². The Morgan fingerprint density at radius 1 is 1.18 bits per heavy atom. The molecule has 148 valence electrons. The maximum absolute atomic E-state index is 13.3. The molecule has 2 unspecified atom stereocenters. The van der Waals surface area contributed by atoms with Crippen LogP contribution in [0, 0.1) is 5.82 Å². The molecule has 2 aromatic rings. The molecule has 4 rings (SSSR count). The second-order valence-electron chi connectivity index (χ2n) is 7.57. The third kappa shape index (κ3) is 4.73. The van der Waals surface area contributed by atoms with Crippen LogP contribution in [0.3, 0.4) is 0 Å². The van der Waals surface area contributed by atoms with Crippen LogP contribution in [0.25, 0.3) is 0 Å². The van der Waals surface area contributed by atoms with Gasteiger partial charge in [0.1, 0.15) is 11.9 Å². The molecule has 1 aromatic carbocycles. The summed E-state index contributed by atoms with van der Waals surface area (Å²) in [6.07, 6.45) is 4.26. The van der Waals surface area contributed by atoms with Crippen molar-refractivity contribution >= 4 is 5.91 Å². The fourth-order valence-corrected chi connectivity index (χ4v) is 3.93. The maximum Gasteiger partial charge on any atom is 0.238 e. The highest BCUT2D eigenvalue weighted by Crippen LogP contribution is 2.21. The molecular weight excluding hydrogens is 357 g/mol. The van der Waals surface area contributed by atoms with Crippen molar-refractivity contribution < 1.29 is 9.18 Å². The minimum Gasteiger partial charge on any atom is -0.352 e. The van der Waals surface area contributed by atoms with E-state index in [0.717, 1.165) is 43.7 Å². The first-order valence-electron chi connectivity index (χ1n) is 9.86. The summed E-state index contributed by atoms with van der Waals surface area (Å²) in [5, 5.41) is 3.18. The first-order valence-corrected chi connectivity index (χ1v) is 9.86. The molecule has 28 heavy (non-hydrogen) atoms. The number of amides is 1. The summed E-state index contributed by atoms with van der Waals surface area (Å²) in [5.41, 5.74) is 8.19. The largest absolute Gasteiger partial charge is 0.352 e. The fraction of sp³-hybridized carbons (Fsp3) is 0.429. The van der Waals surface area contributed by atoms with Crippen molar-refractivity contribution in [2.75, 3.05) is 13.1 Å². The van der Waals surface area contributed by atoms with E-state index < -0.39 is 0 Å². The molecule has 7 heteroatoms. The lowest BCUT2D eigenvalue weighted by molar-refractivity contribution is -0.123. The molecule has 0 radical (unpaired) electrons. The van der Waals surface area contributed by atoms with E-state index in [4.69, 9.17) is 0 Å². The van der Waals surface area contributed by atoms with Crippen LogP contribution in [0.1, 0.15) is 36.6 Å². The Morgan fingerprint density at radius 3 is 2.79 bits per heavy atom. The number of aromatic nitrogens is 1. The molecule has 6 nitrogen and oxygen atoms in total. The van der Waals surface area contributed by atoms with E-state index in [2.05, 4.69) is 26.1 Å². The SMILES string of the molecule is O=C(NC1CCN(Cc2cccc(F)c2)CC1)C1CC(c2ccccn2)NN1. The lowest BCUT2D eigenvalue weighted by atomic mass is 10.0. The minimum absolute atomic E-state index is 0.0366. The van der Waals surface area contributed by atoms with Crippen LogP contribution < -0.4 is 16.2 Å². The number of likely N-dealkylation sites (tertiary alicyclic amines) is 1. The lowest BCUT2D eigenvalue weighted by Gasteiger charge is -2.32. The van der Waals surface area contributed by atoms with Crippen molar-refractivity contribution in [3.8, 4) is 0 Å². The van der Waals surface area contributed by atoms with E-state index in [-0.39, 0.29) is 29.8 Å². The number of hydrogen-bond acceptors (Lipinski definition) is 5. The number of nitrogens with zero attached hydrogens (tertiary/aromatic N) is 2. The Balaban J connectivity index is 1.22. The maximum atomic E-state index is 13.3. The number of hydrazine groups is 1. The average molecular weight is 383 g/mol. The second kappa shape index (κ2) is 8.77. The summed E-state index contributed by atoms with van der Waals surface area (Å²) in [5.74, 6) is -0.157. The Morgan fingerprint density at radius 2 is 2.04 bits per heavy atom. The third-order valence-corrected chi connectivity index (χ3v) is 5.49. The monoisotopic (exact) mass is 383 g/mol. The third-order valence-electron chi connectivity index (χ3n) is 5.49. The van der Waals surface area contributed by atoms with Crippen LogP contribution in [-0.2, 0) is 11.3 Å². The van der Waals surface area contributed by atoms with Gasteiger partial charge in [0, 0.05) is 31.9 Å². The van der Waals surface area contributed by atoms with Gasteiger partial charge in [-0.1, -0.05) is 18.2 Å². The number of piperidine rings is 1. The summed E-state index contributed by atoms with van der Waals surface area (Å²) in [6, 6.07) is 12.5. The minimum atomic E-state index is -0.252. The van der Waals surface area contributed by atoms with Crippen molar-refractivity contribution in [1.82, 2.24) is 26.1 Å². The zero-order chi connectivity index (χ0) is 19.3. The highest BCUT2D eigenvalue weighted by molar-refractivity contribution is 5.82. The molecule has 1 aromatic heterocycles. The van der Waals surface area contributed by atoms with Crippen LogP contribution in [0.2, 0.25) is 0 Å². The molecular formula is C21H26FN5O. The van der Waals surface area contributed by atoms with Crippen LogP contribution in [0.5, 0.6) is 0 Å². The van der Waals surface area contributed by atoms with E-state index in [9.17, 15) is 9.18 Å². The predicted octanol–water partition coefficient (Wildman–Crippen LogP) is 1.91. The number of benzene rings is 1. The van der Waals surface area contributed by atoms with Crippen LogP contribution in [0.4, 0.5) is 4.39 Å². The van der Waals surface area contributed by atoms with Gasteiger partial charge >= 0.3 is 0 Å². The first kappa shape index (κ1) is 19.0. The van der Waals surface area contributed by atoms with Gasteiger partial charge in [-0.25, -0.2) is 15.2 Å². The van der Waals surface area contributed by atoms with Crippen LogP contribution >= 0.6 is 0 Å². The number of nitrogens with one attached hydrogen (secondary N) is 3. The second-order valence-corrected chi connectivity index (χ2v) is 7.57. The lowest BCUT2D eigenvalue weighted by Crippen LogP contribution is -2.50. The van der Waals surface area contributed by atoms with Gasteiger partial charge < -0.3 is 5.32 Å². The Hall–Kier alpha value is -2.35. The average Bonchev–Trinajstić information content (AvgIpc) is 3.21. The number of carbonyl (C=O) groups is 1. The summed E-state index contributed by atoms with van der Waals surface area (Å²) in [4.78, 5) is 19.3. The molecule has 0 aliphatic carbocycles. The number of carbonyl (C=O) groups excluding carboxylic acids is 1. The molecule has 2 saturated heterocycles. The van der Waals surface area contributed by atoms with Gasteiger partial charge in [-0.2, -0.15) is 0 Å². The summed E-state index contributed by atoms with van der Waals surface area (Å²) >= 11 is 0. The Labute approximate surface area is 164 Å². The van der Waals surface area contributed by atoms with Crippen LogP contribution in [-0.4, -0.2) is 41.0 Å². The highest BCUT2D eigenvalue weighted by atomic mass is 19.1. The molecule has 0 saturated carbocycles. The standard InChI is InChI=1S/C21H26FN5O/c22-16-5-3-4-15(12-16)14-27-10-7-17(8-11-27)24-21(28)20-13-19(25-26-20)18-6-1-2-9-23-18/h1-6,9,12,17,19-20,25-26H,7-8,10-11,13-14H2,(H,24,28). The van der Waals surface area contributed by atoms with Gasteiger partial charge in [0.25, 0.3) is 0 Å². The van der Waals surface area contributed by atoms with E-state index in [1.54, 1.807) is 18.3 Å². The van der Waals surface area contributed by atoms with Gasteiger partial charge in [0.05, 0.1) is 11.7 Å². The fourth-order valence-electron chi connectivity index (χ4n) is 3.93. The van der Waals surface area contributed by atoms with Crippen molar-refractivity contribution in [2.45, 2.75) is 43.9 Å². The molecule has 2 fully saturated rings. The van der Waals surface area contributed by atoms with Gasteiger partial charge in [-0.05, 0) is 49.1 Å². The molecule has 2 atom stereocenters. The molecule has 0 spiro atoms. The van der Waals surface area contributed by atoms with Crippen molar-refractivity contribution in [3.63, 3.8) is 0 Å². The van der Waals surface area contributed by atoms with Gasteiger partial charge in [-0.15, -0.1) is 0 Å². The van der Waals surface area contributed by atoms with Crippen molar-refractivity contribution in [3.05, 3.63) is 65.7 Å². The smallest absolute Gasteiger partial charge is 0.238 e. The first-order chi connectivity index (χ1) is 13.7. The van der Waals surface area contributed by atoms with E-state index in [1.807, 2.05) is 24.3 Å². The number of pyridine rings is 1. The number of rotatable bonds is 5. The quantitative estimate of drug-likeness (QED) is 0.736. The Kier molecular flexibility index (Phi) is 5.95. The summed E-state index contributed by atoms with van der Waals surface area (Å²) in [6.45, 7) is 2.54. The zero-order valence-corrected chi connectivity index (χ0v) is 15.8. The topological polar surface area (TPSA) is 69.3 Å². The predicted molar refractivity (Wildman–Crippen MR) is 104 cm³/mol. The normalized spacial score (nSPS) is 23.6. The van der Waals surface area contributed by atoms with E-state index in [0.29, 0.717) is 6.42 Å². The van der Waals surface area contributed by atoms with Gasteiger partial charge in [-0.3, -0.25) is 14.7 Å². The highest BCUT2D eigenvalue weighted by Gasteiger charge is 2.32. The molecule has 2 aliphatic heterocycles. The Bertz CT molecular complexity index is 794.